The summed E-state index contributed by atoms with van der Waals surface area (Å²) >= 11 is 0. The number of nitrogens with zero attached hydrogens (tertiary/aromatic N) is 1. The first-order valence-electron chi connectivity index (χ1n) is 8.94. The van der Waals surface area contributed by atoms with Crippen LogP contribution in [0.1, 0.15) is 21.5 Å². The van der Waals surface area contributed by atoms with Crippen molar-refractivity contribution in [3.63, 3.8) is 0 Å². The van der Waals surface area contributed by atoms with Crippen LogP contribution in [0.2, 0.25) is 0 Å². The summed E-state index contributed by atoms with van der Waals surface area (Å²) in [5.74, 6) is -1.15. The van der Waals surface area contributed by atoms with Gasteiger partial charge < -0.3 is 15.6 Å². The number of hydrogen-bond acceptors (Lipinski definition) is 3. The fraction of sp³-hybridized carbons (Fsp3) is 0.0909. The van der Waals surface area contributed by atoms with E-state index in [0.717, 1.165) is 11.3 Å². The first-order valence-corrected chi connectivity index (χ1v) is 8.94. The summed E-state index contributed by atoms with van der Waals surface area (Å²) in [5, 5.41) is 6.15. The van der Waals surface area contributed by atoms with E-state index < -0.39 is 11.7 Å². The Morgan fingerprint density at radius 2 is 1.79 bits per heavy atom. The number of aromatic nitrogens is 2. The fourth-order valence-electron chi connectivity index (χ4n) is 3.13. The third-order valence-electron chi connectivity index (χ3n) is 4.67. The number of H-pyrrole nitrogens is 1. The minimum Gasteiger partial charge on any atom is -0.379 e. The lowest BCUT2D eigenvalue weighted by Gasteiger charge is -2.14. The SMILES string of the molecule is Cc1ccccc1CNc1ccccc1NC(=O)c1c(F)ccc2[nH]cnc12. The zero-order valence-electron chi connectivity index (χ0n) is 15.3. The lowest BCUT2D eigenvalue weighted by atomic mass is 10.1. The molecule has 3 N–H and O–H groups in total. The Morgan fingerprint density at radius 3 is 2.61 bits per heavy atom. The van der Waals surface area contributed by atoms with Crippen LogP contribution in [0, 0.1) is 12.7 Å². The number of aryl methyl sites for hydroxylation is 1. The average molecular weight is 374 g/mol. The van der Waals surface area contributed by atoms with E-state index in [4.69, 9.17) is 0 Å². The first kappa shape index (κ1) is 17.7. The molecule has 0 fully saturated rings. The van der Waals surface area contributed by atoms with Crippen LogP contribution in [0.4, 0.5) is 15.8 Å². The molecule has 0 unspecified atom stereocenters. The maximum Gasteiger partial charge on any atom is 0.260 e. The fourth-order valence-corrected chi connectivity index (χ4v) is 3.13. The van der Waals surface area contributed by atoms with Crippen molar-refractivity contribution in [2.24, 2.45) is 0 Å². The van der Waals surface area contributed by atoms with Crippen LogP contribution in [0.25, 0.3) is 11.0 Å². The summed E-state index contributed by atoms with van der Waals surface area (Å²) < 4.78 is 14.3. The van der Waals surface area contributed by atoms with Crippen molar-refractivity contribution >= 4 is 28.3 Å². The standard InChI is InChI=1S/C22H19FN4O/c1-14-6-2-3-7-15(14)12-24-17-8-4-5-9-18(17)27-22(28)20-16(23)10-11-19-21(20)26-13-25-19/h2-11,13,24H,12H2,1H3,(H,25,26)(H,27,28). The Hall–Kier alpha value is -3.67. The van der Waals surface area contributed by atoms with Gasteiger partial charge in [0.2, 0.25) is 0 Å². The highest BCUT2D eigenvalue weighted by molar-refractivity contribution is 6.12. The van der Waals surface area contributed by atoms with Gasteiger partial charge >= 0.3 is 0 Å². The number of para-hydroxylation sites is 2. The second kappa shape index (κ2) is 7.52. The van der Waals surface area contributed by atoms with E-state index in [-0.39, 0.29) is 5.56 Å². The molecule has 0 saturated heterocycles. The molecule has 1 amide bonds. The molecule has 28 heavy (non-hydrogen) atoms. The summed E-state index contributed by atoms with van der Waals surface area (Å²) in [6.45, 7) is 2.67. The molecule has 0 bridgehead atoms. The summed E-state index contributed by atoms with van der Waals surface area (Å²) in [4.78, 5) is 19.8. The highest BCUT2D eigenvalue weighted by Gasteiger charge is 2.18. The third-order valence-corrected chi connectivity index (χ3v) is 4.67. The van der Waals surface area contributed by atoms with Gasteiger partial charge in [0.05, 0.1) is 23.2 Å². The van der Waals surface area contributed by atoms with E-state index in [2.05, 4.69) is 39.7 Å². The Balaban J connectivity index is 1.58. The normalized spacial score (nSPS) is 10.8. The smallest absolute Gasteiger partial charge is 0.260 e. The molecule has 4 aromatic rings. The molecule has 0 aliphatic rings. The number of halogens is 1. The van der Waals surface area contributed by atoms with Crippen molar-refractivity contribution in [1.29, 1.82) is 0 Å². The quantitative estimate of drug-likeness (QED) is 0.466. The Bertz CT molecular complexity index is 1150. The third kappa shape index (κ3) is 3.44. The number of aromatic amines is 1. The molecule has 0 aliphatic carbocycles. The van der Waals surface area contributed by atoms with Gasteiger partial charge in [-0.15, -0.1) is 0 Å². The van der Waals surface area contributed by atoms with Gasteiger partial charge in [-0.05, 0) is 42.3 Å². The summed E-state index contributed by atoms with van der Waals surface area (Å²) in [7, 11) is 0. The largest absolute Gasteiger partial charge is 0.379 e. The molecule has 0 aliphatic heterocycles. The lowest BCUT2D eigenvalue weighted by Crippen LogP contribution is -2.16. The van der Waals surface area contributed by atoms with E-state index in [1.807, 2.05) is 30.3 Å². The summed E-state index contributed by atoms with van der Waals surface area (Å²) in [5.41, 5.74) is 4.52. The van der Waals surface area contributed by atoms with Crippen LogP contribution in [0.5, 0.6) is 0 Å². The van der Waals surface area contributed by atoms with Gasteiger partial charge in [0.25, 0.3) is 5.91 Å². The van der Waals surface area contributed by atoms with E-state index in [0.29, 0.717) is 23.3 Å². The van der Waals surface area contributed by atoms with Gasteiger partial charge in [0.1, 0.15) is 16.9 Å². The van der Waals surface area contributed by atoms with Crippen LogP contribution < -0.4 is 10.6 Å². The van der Waals surface area contributed by atoms with E-state index in [1.165, 1.54) is 18.0 Å². The van der Waals surface area contributed by atoms with Crippen molar-refractivity contribution in [3.8, 4) is 0 Å². The number of carbonyl (C=O) groups is 1. The first-order chi connectivity index (χ1) is 13.6. The number of hydrogen-bond donors (Lipinski definition) is 3. The molecule has 1 heterocycles. The van der Waals surface area contributed by atoms with Crippen molar-refractivity contribution in [1.82, 2.24) is 9.97 Å². The molecule has 3 aromatic carbocycles. The van der Waals surface area contributed by atoms with Crippen molar-refractivity contribution in [3.05, 3.63) is 89.5 Å². The highest BCUT2D eigenvalue weighted by Crippen LogP contribution is 2.25. The number of fused-ring (bicyclic) bond motifs is 1. The Morgan fingerprint density at radius 1 is 1.04 bits per heavy atom. The summed E-state index contributed by atoms with van der Waals surface area (Å²) in [6, 6.07) is 18.3. The van der Waals surface area contributed by atoms with Crippen LogP contribution >= 0.6 is 0 Å². The van der Waals surface area contributed by atoms with Gasteiger partial charge in [0, 0.05) is 6.54 Å². The van der Waals surface area contributed by atoms with Crippen LogP contribution in [0.15, 0.2) is 67.0 Å². The molecule has 0 spiro atoms. The molecule has 140 valence electrons. The lowest BCUT2D eigenvalue weighted by molar-refractivity contribution is 0.102. The van der Waals surface area contributed by atoms with E-state index in [1.54, 1.807) is 12.1 Å². The Labute approximate surface area is 161 Å². The number of nitrogens with one attached hydrogen (secondary N) is 3. The predicted molar refractivity (Wildman–Crippen MR) is 109 cm³/mol. The van der Waals surface area contributed by atoms with Crippen molar-refractivity contribution in [2.45, 2.75) is 13.5 Å². The number of anilines is 2. The zero-order valence-corrected chi connectivity index (χ0v) is 15.3. The van der Waals surface area contributed by atoms with Gasteiger partial charge in [-0.25, -0.2) is 9.37 Å². The minimum absolute atomic E-state index is 0.0764. The average Bonchev–Trinajstić information content (AvgIpc) is 3.16. The molecular weight excluding hydrogens is 355 g/mol. The molecule has 0 radical (unpaired) electrons. The van der Waals surface area contributed by atoms with Gasteiger partial charge in [-0.3, -0.25) is 4.79 Å². The topological polar surface area (TPSA) is 69.8 Å². The van der Waals surface area contributed by atoms with Crippen LogP contribution in [-0.2, 0) is 6.54 Å². The minimum atomic E-state index is -0.609. The van der Waals surface area contributed by atoms with Gasteiger partial charge in [-0.1, -0.05) is 36.4 Å². The summed E-state index contributed by atoms with van der Waals surface area (Å²) in [6.07, 6.45) is 1.44. The molecule has 0 saturated carbocycles. The number of amides is 1. The monoisotopic (exact) mass is 374 g/mol. The molecule has 6 heteroatoms. The second-order valence-electron chi connectivity index (χ2n) is 6.50. The molecule has 5 nitrogen and oxygen atoms in total. The highest BCUT2D eigenvalue weighted by atomic mass is 19.1. The number of carbonyl (C=O) groups excluding carboxylic acids is 1. The van der Waals surface area contributed by atoms with Crippen LogP contribution in [0.3, 0.4) is 0 Å². The maximum atomic E-state index is 14.3. The number of benzene rings is 3. The molecule has 4 rings (SSSR count). The van der Waals surface area contributed by atoms with Crippen LogP contribution in [-0.4, -0.2) is 15.9 Å². The molecule has 0 atom stereocenters. The predicted octanol–water partition coefficient (Wildman–Crippen LogP) is 4.87. The maximum absolute atomic E-state index is 14.3. The number of rotatable bonds is 5. The zero-order chi connectivity index (χ0) is 19.5. The van der Waals surface area contributed by atoms with E-state index >= 15 is 0 Å². The molecule has 1 aromatic heterocycles. The van der Waals surface area contributed by atoms with Crippen molar-refractivity contribution in [2.75, 3.05) is 10.6 Å². The van der Waals surface area contributed by atoms with Gasteiger partial charge in [0.15, 0.2) is 0 Å². The molecular formula is C22H19FN4O. The van der Waals surface area contributed by atoms with E-state index in [9.17, 15) is 9.18 Å². The second-order valence-corrected chi connectivity index (χ2v) is 6.50. The van der Waals surface area contributed by atoms with Crippen molar-refractivity contribution < 1.29 is 9.18 Å². The number of imidazole rings is 1. The Kier molecular flexibility index (Phi) is 4.76. The van der Waals surface area contributed by atoms with Gasteiger partial charge in [-0.2, -0.15) is 0 Å².